The minimum absolute atomic E-state index is 0.0650. The molecule has 2 aromatic carbocycles. The van der Waals surface area contributed by atoms with Crippen molar-refractivity contribution in [3.05, 3.63) is 93.2 Å². The minimum atomic E-state index is -0.247. The van der Waals surface area contributed by atoms with Gasteiger partial charge in [-0.05, 0) is 42.0 Å². The number of hydrogen-bond donors (Lipinski definition) is 2. The van der Waals surface area contributed by atoms with Crippen LogP contribution < -0.4 is 10.9 Å². The summed E-state index contributed by atoms with van der Waals surface area (Å²) in [5.74, 6) is -0.524. The Morgan fingerprint density at radius 3 is 2.14 bits per heavy atom. The number of benzene rings is 2. The maximum absolute atomic E-state index is 12.6. The summed E-state index contributed by atoms with van der Waals surface area (Å²) in [5, 5.41) is 0. The first-order chi connectivity index (χ1) is 13.7. The maximum atomic E-state index is 12.6. The maximum Gasteiger partial charge on any atom is 0.279 e. The Labute approximate surface area is 168 Å². The number of aryl methyl sites for hydroxylation is 2. The molecule has 0 atom stereocenters. The van der Waals surface area contributed by atoms with Gasteiger partial charge in [-0.2, -0.15) is 0 Å². The fourth-order valence-electron chi connectivity index (χ4n) is 3.66. The van der Waals surface area contributed by atoms with Crippen molar-refractivity contribution in [2.24, 2.45) is 0 Å². The second kappa shape index (κ2) is 8.40. The lowest BCUT2D eigenvalue weighted by Crippen LogP contribution is -2.41. The molecule has 2 N–H and O–H groups in total. The fourth-order valence-corrected chi connectivity index (χ4v) is 4.81. The molecule has 28 heavy (non-hydrogen) atoms. The first kappa shape index (κ1) is 18.4. The molecule has 1 aliphatic rings. The number of hydrazine groups is 1. The van der Waals surface area contributed by atoms with Gasteiger partial charge in [-0.15, -0.1) is 11.3 Å². The van der Waals surface area contributed by atoms with Gasteiger partial charge in [0.2, 0.25) is 5.91 Å². The Balaban J connectivity index is 1.41. The molecule has 0 fully saturated rings. The molecule has 1 aliphatic carbocycles. The van der Waals surface area contributed by atoms with Crippen LogP contribution in [0.3, 0.4) is 0 Å². The zero-order chi connectivity index (χ0) is 19.3. The van der Waals surface area contributed by atoms with Crippen molar-refractivity contribution in [1.82, 2.24) is 10.9 Å². The van der Waals surface area contributed by atoms with Crippen molar-refractivity contribution in [2.45, 2.75) is 31.6 Å². The third-order valence-electron chi connectivity index (χ3n) is 5.08. The second-order valence-corrected chi connectivity index (χ2v) is 8.13. The van der Waals surface area contributed by atoms with E-state index in [1.54, 1.807) is 0 Å². The number of hydrogen-bond acceptors (Lipinski definition) is 3. The van der Waals surface area contributed by atoms with E-state index in [0.29, 0.717) is 4.88 Å². The third kappa shape index (κ3) is 4.15. The molecule has 1 aromatic heterocycles. The van der Waals surface area contributed by atoms with E-state index in [0.717, 1.165) is 24.0 Å². The molecule has 0 spiro atoms. The average Bonchev–Trinajstić information content (AvgIpc) is 3.34. The molecule has 4 nitrogen and oxygen atoms in total. The molecular weight excluding hydrogens is 368 g/mol. The quantitative estimate of drug-likeness (QED) is 0.641. The highest BCUT2D eigenvalue weighted by molar-refractivity contribution is 7.14. The van der Waals surface area contributed by atoms with Gasteiger partial charge in [-0.1, -0.05) is 60.7 Å². The molecule has 0 saturated carbocycles. The van der Waals surface area contributed by atoms with Crippen LogP contribution >= 0.6 is 11.3 Å². The van der Waals surface area contributed by atoms with Crippen molar-refractivity contribution in [3.8, 4) is 0 Å². The SMILES string of the molecule is O=C(CC(c1ccccc1)c1ccccc1)NNC(=O)c1cc2c(s1)CCC2. The second-order valence-electron chi connectivity index (χ2n) is 6.99. The lowest BCUT2D eigenvalue weighted by Gasteiger charge is -2.18. The van der Waals surface area contributed by atoms with Crippen LogP contribution in [-0.4, -0.2) is 11.8 Å². The van der Waals surface area contributed by atoms with E-state index < -0.39 is 0 Å². The van der Waals surface area contributed by atoms with Gasteiger partial charge < -0.3 is 0 Å². The highest BCUT2D eigenvalue weighted by Gasteiger charge is 2.20. The van der Waals surface area contributed by atoms with Crippen LogP contribution in [0.2, 0.25) is 0 Å². The molecule has 0 saturated heterocycles. The molecule has 0 unspecified atom stereocenters. The van der Waals surface area contributed by atoms with Gasteiger partial charge in [-0.3, -0.25) is 20.4 Å². The number of amides is 2. The van der Waals surface area contributed by atoms with Crippen LogP contribution in [0.1, 0.15) is 50.0 Å². The van der Waals surface area contributed by atoms with Gasteiger partial charge in [0.25, 0.3) is 5.91 Å². The first-order valence-electron chi connectivity index (χ1n) is 9.51. The van der Waals surface area contributed by atoms with Gasteiger partial charge in [0, 0.05) is 17.2 Å². The molecule has 0 radical (unpaired) electrons. The van der Waals surface area contributed by atoms with Gasteiger partial charge in [-0.25, -0.2) is 0 Å². The predicted octanol–water partition coefficient (Wildman–Crippen LogP) is 4.22. The molecule has 4 rings (SSSR count). The predicted molar refractivity (Wildman–Crippen MR) is 111 cm³/mol. The third-order valence-corrected chi connectivity index (χ3v) is 6.32. The summed E-state index contributed by atoms with van der Waals surface area (Å²) in [6.45, 7) is 0. The van der Waals surface area contributed by atoms with Crippen LogP contribution in [0.4, 0.5) is 0 Å². The zero-order valence-corrected chi connectivity index (χ0v) is 16.3. The minimum Gasteiger partial charge on any atom is -0.273 e. The van der Waals surface area contributed by atoms with Crippen molar-refractivity contribution in [3.63, 3.8) is 0 Å². The fraction of sp³-hybridized carbons (Fsp3) is 0.217. The number of fused-ring (bicyclic) bond motifs is 1. The zero-order valence-electron chi connectivity index (χ0n) is 15.5. The van der Waals surface area contributed by atoms with Crippen LogP contribution in [0, 0.1) is 0 Å². The number of rotatable bonds is 5. The molecule has 142 valence electrons. The van der Waals surface area contributed by atoms with E-state index in [1.807, 2.05) is 66.7 Å². The number of carbonyl (C=O) groups is 2. The largest absolute Gasteiger partial charge is 0.279 e. The molecule has 3 aromatic rings. The Bertz CT molecular complexity index is 906. The summed E-state index contributed by atoms with van der Waals surface area (Å²) in [6.07, 6.45) is 3.52. The van der Waals surface area contributed by atoms with Crippen molar-refractivity contribution < 1.29 is 9.59 Å². The van der Waals surface area contributed by atoms with E-state index >= 15 is 0 Å². The van der Waals surface area contributed by atoms with Crippen LogP contribution in [0.25, 0.3) is 0 Å². The Morgan fingerprint density at radius 1 is 0.893 bits per heavy atom. The Hall–Kier alpha value is -2.92. The highest BCUT2D eigenvalue weighted by atomic mass is 32.1. The van der Waals surface area contributed by atoms with Crippen LogP contribution in [0.15, 0.2) is 66.7 Å². The van der Waals surface area contributed by atoms with Gasteiger partial charge in [0.1, 0.15) is 0 Å². The number of thiophene rings is 1. The first-order valence-corrected chi connectivity index (χ1v) is 10.3. The van der Waals surface area contributed by atoms with Gasteiger partial charge in [0.05, 0.1) is 4.88 Å². The number of carbonyl (C=O) groups excluding carboxylic acids is 2. The summed E-state index contributed by atoms with van der Waals surface area (Å²) in [6, 6.07) is 21.9. The van der Waals surface area contributed by atoms with E-state index in [9.17, 15) is 9.59 Å². The van der Waals surface area contributed by atoms with Gasteiger partial charge >= 0.3 is 0 Å². The Kier molecular flexibility index (Phi) is 5.53. The van der Waals surface area contributed by atoms with E-state index in [4.69, 9.17) is 0 Å². The monoisotopic (exact) mass is 390 g/mol. The smallest absolute Gasteiger partial charge is 0.273 e. The highest BCUT2D eigenvalue weighted by Crippen LogP contribution is 2.30. The molecule has 1 heterocycles. The molecular formula is C23H22N2O2S. The van der Waals surface area contributed by atoms with E-state index in [1.165, 1.54) is 28.2 Å². The summed E-state index contributed by atoms with van der Waals surface area (Å²) in [7, 11) is 0. The molecule has 2 amide bonds. The van der Waals surface area contributed by atoms with Gasteiger partial charge in [0.15, 0.2) is 0 Å². The van der Waals surface area contributed by atoms with Crippen LogP contribution in [-0.2, 0) is 17.6 Å². The van der Waals surface area contributed by atoms with Crippen LogP contribution in [0.5, 0.6) is 0 Å². The lowest BCUT2D eigenvalue weighted by molar-refractivity contribution is -0.122. The summed E-state index contributed by atoms with van der Waals surface area (Å²) >= 11 is 1.53. The molecule has 0 aliphatic heterocycles. The van der Waals surface area contributed by atoms with E-state index in [2.05, 4.69) is 10.9 Å². The standard InChI is InChI=1S/C23H22N2O2S/c26-22(24-25-23(27)21-14-18-12-7-13-20(18)28-21)15-19(16-8-3-1-4-9-16)17-10-5-2-6-11-17/h1-6,8-11,14,19H,7,12-13,15H2,(H,24,26)(H,25,27). The van der Waals surface area contributed by atoms with E-state index in [-0.39, 0.29) is 24.2 Å². The molecule has 0 bridgehead atoms. The summed E-state index contributed by atoms with van der Waals surface area (Å²) in [4.78, 5) is 26.9. The lowest BCUT2D eigenvalue weighted by atomic mass is 9.88. The number of nitrogens with one attached hydrogen (secondary N) is 2. The average molecular weight is 391 g/mol. The normalized spacial score (nSPS) is 12.6. The summed E-state index contributed by atoms with van der Waals surface area (Å²) in [5.41, 5.74) is 8.57. The van der Waals surface area contributed by atoms with Crippen molar-refractivity contribution >= 4 is 23.2 Å². The summed E-state index contributed by atoms with van der Waals surface area (Å²) < 4.78 is 0. The van der Waals surface area contributed by atoms with Crippen molar-refractivity contribution in [1.29, 1.82) is 0 Å². The topological polar surface area (TPSA) is 58.2 Å². The molecule has 5 heteroatoms. The Morgan fingerprint density at radius 2 is 1.54 bits per heavy atom. The van der Waals surface area contributed by atoms with Crippen molar-refractivity contribution in [2.75, 3.05) is 0 Å².